The lowest BCUT2D eigenvalue weighted by Crippen LogP contribution is -2.60. The molecule has 0 unspecified atom stereocenters. The van der Waals surface area contributed by atoms with Crippen molar-refractivity contribution in [2.24, 2.45) is 0 Å². The summed E-state index contributed by atoms with van der Waals surface area (Å²) in [6.45, 7) is 13.7. The fourth-order valence-electron chi connectivity index (χ4n) is 3.66. The van der Waals surface area contributed by atoms with Crippen LogP contribution >= 0.6 is 0 Å². The molecule has 0 aliphatic rings. The summed E-state index contributed by atoms with van der Waals surface area (Å²) in [5.41, 5.74) is 4.40. The van der Waals surface area contributed by atoms with Gasteiger partial charge in [0.15, 0.2) is 0 Å². The summed E-state index contributed by atoms with van der Waals surface area (Å²) in [6.07, 6.45) is 0.469. The minimum absolute atomic E-state index is 0.0792. The Kier molecular flexibility index (Phi) is 9.19. The van der Waals surface area contributed by atoms with Crippen molar-refractivity contribution >= 4 is 17.1 Å². The molecule has 0 spiro atoms. The van der Waals surface area contributed by atoms with Gasteiger partial charge in [-0.3, -0.25) is 0 Å². The number of halogens is 1. The molecule has 0 aromatic heterocycles. The molecule has 0 fully saturated rings. The second-order valence-corrected chi connectivity index (χ2v) is 8.21. The minimum atomic E-state index is -4.60. The average molecular weight is 449 g/mol. The van der Waals surface area contributed by atoms with Crippen molar-refractivity contribution in [3.8, 4) is 0 Å². The predicted octanol–water partition coefficient (Wildman–Crippen LogP) is 2.27. The van der Waals surface area contributed by atoms with Gasteiger partial charge in [0, 0.05) is 43.1 Å². The van der Waals surface area contributed by atoms with Crippen LogP contribution in [-0.4, -0.2) is 26.2 Å². The maximum Gasteiger partial charge on any atom is 0.294 e. The van der Waals surface area contributed by atoms with Gasteiger partial charge in [-0.1, -0.05) is 16.4 Å². The van der Waals surface area contributed by atoms with Gasteiger partial charge in [-0.25, -0.2) is 0 Å². The first-order valence-electron chi connectivity index (χ1n) is 10.7. The van der Waals surface area contributed by atoms with Crippen LogP contribution in [0.5, 0.6) is 0 Å². The summed E-state index contributed by atoms with van der Waals surface area (Å²) in [5.74, 6) is 0.0792. The van der Waals surface area contributed by atoms with E-state index in [0.29, 0.717) is 17.6 Å². The van der Waals surface area contributed by atoms with Crippen LogP contribution in [0.15, 0.2) is 54.1 Å². The molecule has 0 atom stereocenters. The Labute approximate surface area is 188 Å². The third-order valence-corrected chi connectivity index (χ3v) is 5.69. The predicted molar refractivity (Wildman–Crippen MR) is 117 cm³/mol. The van der Waals surface area contributed by atoms with E-state index < -0.39 is 10.2 Å². The minimum Gasteiger partial charge on any atom is -0.372 e. The molecule has 7 heteroatoms. The lowest BCUT2D eigenvalue weighted by Gasteiger charge is -2.22. The first-order chi connectivity index (χ1) is 14.7. The molecule has 0 amide bonds. The number of anilines is 2. The summed E-state index contributed by atoms with van der Waals surface area (Å²) >= 11 is 0. The number of hydrogen-bond acceptors (Lipinski definition) is 6. The standard InChI is InChI=1S/C24H33ClN2O4/c1-6-26(7-2)22-14-10-20(11-15-22)18-19(5)24(31-25(28,29)30)21-12-16-23(17-13-21)27(8-3)9-4/h10-17H,6-9,18H2,1-5H3. The van der Waals surface area contributed by atoms with Crippen molar-refractivity contribution < 1.29 is 28.5 Å². The summed E-state index contributed by atoms with van der Waals surface area (Å²) in [5, 5.41) is 0. The lowest BCUT2D eigenvalue weighted by molar-refractivity contribution is -1.92. The Bertz CT molecular complexity index is 837. The second-order valence-electron chi connectivity index (χ2n) is 7.30. The zero-order valence-corrected chi connectivity index (χ0v) is 19.8. The molecule has 0 saturated heterocycles. The number of nitrogens with zero attached hydrogens (tertiary/aromatic N) is 2. The van der Waals surface area contributed by atoms with Gasteiger partial charge >= 0.3 is 0 Å². The van der Waals surface area contributed by atoms with Crippen LogP contribution < -0.4 is 23.8 Å². The molecule has 2 aromatic carbocycles. The summed E-state index contributed by atoms with van der Waals surface area (Å²) in [7, 11) is -4.60. The van der Waals surface area contributed by atoms with Gasteiger partial charge in [0.05, 0.1) is 0 Å². The fourth-order valence-corrected chi connectivity index (χ4v) is 4.07. The second kappa shape index (κ2) is 11.4. The number of rotatable bonds is 11. The van der Waals surface area contributed by atoms with Crippen LogP contribution in [0.25, 0.3) is 5.76 Å². The van der Waals surface area contributed by atoms with E-state index in [1.165, 1.54) is 0 Å². The van der Waals surface area contributed by atoms with E-state index in [2.05, 4.69) is 49.6 Å². The third kappa shape index (κ3) is 7.14. The van der Waals surface area contributed by atoms with Crippen LogP contribution in [0, 0.1) is 10.2 Å². The van der Waals surface area contributed by atoms with Crippen molar-refractivity contribution in [2.45, 2.75) is 41.0 Å². The van der Waals surface area contributed by atoms with Gasteiger partial charge in [0.25, 0.3) is 5.76 Å². The highest BCUT2D eigenvalue weighted by Crippen LogP contribution is 2.27. The topological polar surface area (TPSA) is 84.9 Å². The maximum absolute atomic E-state index is 11.4. The Morgan fingerprint density at radius 3 is 1.55 bits per heavy atom. The highest BCUT2D eigenvalue weighted by molar-refractivity contribution is 5.65. The Morgan fingerprint density at radius 2 is 1.16 bits per heavy atom. The first-order valence-corrected chi connectivity index (χ1v) is 11.9. The molecule has 0 radical (unpaired) electrons. The monoisotopic (exact) mass is 448 g/mol. The normalized spacial score (nSPS) is 12.4. The molecule has 0 heterocycles. The van der Waals surface area contributed by atoms with Crippen molar-refractivity contribution in [3.63, 3.8) is 0 Å². The molecule has 0 N–H and O–H groups in total. The molecule has 6 nitrogen and oxygen atoms in total. The zero-order chi connectivity index (χ0) is 23.0. The van der Waals surface area contributed by atoms with Crippen LogP contribution in [-0.2, 0) is 10.7 Å². The molecule has 0 aliphatic heterocycles. The van der Waals surface area contributed by atoms with Crippen molar-refractivity contribution in [3.05, 3.63) is 65.2 Å². The van der Waals surface area contributed by atoms with Crippen molar-refractivity contribution in [1.29, 1.82) is 0 Å². The van der Waals surface area contributed by atoms with Crippen LogP contribution in [0.1, 0.15) is 45.7 Å². The molecule has 0 saturated carbocycles. The largest absolute Gasteiger partial charge is 0.372 e. The van der Waals surface area contributed by atoms with Gasteiger partial charge in [0.2, 0.25) is 0 Å². The number of hydrogen-bond donors (Lipinski definition) is 0. The van der Waals surface area contributed by atoms with Gasteiger partial charge < -0.3 is 9.80 Å². The van der Waals surface area contributed by atoms with E-state index in [0.717, 1.165) is 43.1 Å². The van der Waals surface area contributed by atoms with Crippen LogP contribution in [0.3, 0.4) is 0 Å². The molecule has 31 heavy (non-hydrogen) atoms. The lowest BCUT2D eigenvalue weighted by atomic mass is 10.0. The summed E-state index contributed by atoms with van der Waals surface area (Å²) in [6, 6.07) is 15.5. The van der Waals surface area contributed by atoms with E-state index in [1.54, 1.807) is 19.1 Å². The van der Waals surface area contributed by atoms with Crippen LogP contribution in [0.4, 0.5) is 11.4 Å². The Morgan fingerprint density at radius 1 is 0.742 bits per heavy atom. The van der Waals surface area contributed by atoms with Gasteiger partial charge in [-0.2, -0.15) is 14.0 Å². The molecule has 170 valence electrons. The van der Waals surface area contributed by atoms with E-state index in [1.807, 2.05) is 24.3 Å². The van der Waals surface area contributed by atoms with E-state index in [9.17, 15) is 14.0 Å². The third-order valence-electron chi connectivity index (χ3n) is 5.35. The highest BCUT2D eigenvalue weighted by Gasteiger charge is 2.26. The van der Waals surface area contributed by atoms with E-state index >= 15 is 0 Å². The number of benzene rings is 2. The van der Waals surface area contributed by atoms with E-state index in [4.69, 9.17) is 4.29 Å². The first kappa shape index (κ1) is 25.0. The van der Waals surface area contributed by atoms with E-state index in [-0.39, 0.29) is 5.76 Å². The molecule has 0 bridgehead atoms. The summed E-state index contributed by atoms with van der Waals surface area (Å²) in [4.78, 5) is 4.43. The van der Waals surface area contributed by atoms with Gasteiger partial charge in [-0.05, 0) is 88.6 Å². The van der Waals surface area contributed by atoms with Gasteiger partial charge in [0.1, 0.15) is 10.2 Å². The zero-order valence-electron chi connectivity index (χ0n) is 19.1. The average Bonchev–Trinajstić information content (AvgIpc) is 2.75. The van der Waals surface area contributed by atoms with Crippen molar-refractivity contribution in [2.75, 3.05) is 36.0 Å². The molecule has 0 aliphatic carbocycles. The fraction of sp³-hybridized carbons (Fsp3) is 0.417. The molecular weight excluding hydrogens is 416 g/mol. The molecule has 2 aromatic rings. The SMILES string of the molecule is CCN(CC)c1ccc(CC(C)=C(O[Cl+3]([O-])([O-])[O-])c2ccc(N(CC)CC)cc2)cc1. The van der Waals surface area contributed by atoms with Crippen LogP contribution in [0.2, 0.25) is 0 Å². The Balaban J connectivity index is 2.33. The smallest absolute Gasteiger partial charge is 0.294 e. The van der Waals surface area contributed by atoms with Crippen molar-refractivity contribution in [1.82, 2.24) is 0 Å². The molecular formula is C24H33ClN2O4. The quantitative estimate of drug-likeness (QED) is 0.490. The number of allylic oxidation sites excluding steroid dienone is 1. The molecule has 2 rings (SSSR count). The maximum atomic E-state index is 11.4. The Hall–Kier alpha value is -2.25. The summed E-state index contributed by atoms with van der Waals surface area (Å²) < 4.78 is 39.0. The highest BCUT2D eigenvalue weighted by atomic mass is 35.7. The van der Waals surface area contributed by atoms with Gasteiger partial charge in [-0.15, -0.1) is 0 Å².